The van der Waals surface area contributed by atoms with Gasteiger partial charge in [0.1, 0.15) is 18.2 Å². The Kier molecular flexibility index (Phi) is 9.07. The van der Waals surface area contributed by atoms with Crippen molar-refractivity contribution in [3.05, 3.63) is 110 Å². The maximum Gasteiger partial charge on any atom is 0.282 e. The normalized spacial score (nSPS) is 11.3. The number of aromatic nitrogens is 2. The van der Waals surface area contributed by atoms with Gasteiger partial charge in [0, 0.05) is 16.5 Å². The van der Waals surface area contributed by atoms with Crippen LogP contribution in [0.15, 0.2) is 81.6 Å². The highest BCUT2D eigenvalue weighted by molar-refractivity contribution is 9.10. The Morgan fingerprint density at radius 1 is 1.11 bits per heavy atom. The van der Waals surface area contributed by atoms with Gasteiger partial charge in [0.05, 0.1) is 23.7 Å². The molecule has 0 unspecified atom stereocenters. The first-order valence-corrected chi connectivity index (χ1v) is 13.3. The number of hydrogen-bond acceptors (Lipinski definition) is 5. The minimum Gasteiger partial charge on any atom is -0.490 e. The quantitative estimate of drug-likeness (QED) is 0.144. The predicted octanol–water partition coefficient (Wildman–Crippen LogP) is 6.84. The van der Waals surface area contributed by atoms with Crippen LogP contribution in [0.25, 0.3) is 10.9 Å². The molecule has 0 spiro atoms. The number of aryl methyl sites for hydroxylation is 1. The fraction of sp³-hybridized carbons (Fsp3) is 0.233. The number of nitrogens with zero attached hydrogens (tertiary/aromatic N) is 3. The van der Waals surface area contributed by atoms with Crippen LogP contribution in [0.2, 0.25) is 0 Å². The number of ether oxygens (including phenoxy) is 2. The summed E-state index contributed by atoms with van der Waals surface area (Å²) in [6.07, 6.45) is 5.38. The molecule has 4 aromatic rings. The second-order valence-corrected chi connectivity index (χ2v) is 9.56. The molecule has 0 aliphatic carbocycles. The zero-order chi connectivity index (χ0) is 27.1. The van der Waals surface area contributed by atoms with Crippen LogP contribution in [0, 0.1) is 5.82 Å². The number of fused-ring (bicyclic) bond motifs is 1. The molecule has 0 fully saturated rings. The van der Waals surface area contributed by atoms with Crippen LogP contribution in [-0.4, -0.2) is 22.5 Å². The topological polar surface area (TPSA) is 65.7 Å². The Balaban J connectivity index is 1.74. The lowest BCUT2D eigenvalue weighted by molar-refractivity contribution is 0.267. The number of halogens is 2. The summed E-state index contributed by atoms with van der Waals surface area (Å²) < 4.78 is 27.5. The van der Waals surface area contributed by atoms with Gasteiger partial charge in [-0.15, -0.1) is 6.58 Å². The summed E-state index contributed by atoms with van der Waals surface area (Å²) in [7, 11) is 0. The van der Waals surface area contributed by atoms with Crippen LogP contribution in [0.4, 0.5) is 4.39 Å². The molecule has 8 heteroatoms. The fourth-order valence-corrected chi connectivity index (χ4v) is 4.41. The molecule has 0 aliphatic heterocycles. The van der Waals surface area contributed by atoms with Gasteiger partial charge in [0.15, 0.2) is 11.5 Å². The zero-order valence-electron chi connectivity index (χ0n) is 21.4. The van der Waals surface area contributed by atoms with E-state index in [9.17, 15) is 9.18 Å². The van der Waals surface area contributed by atoms with Gasteiger partial charge in [0.2, 0.25) is 0 Å². The van der Waals surface area contributed by atoms with Crippen LogP contribution in [0.3, 0.4) is 0 Å². The van der Waals surface area contributed by atoms with Gasteiger partial charge in [-0.1, -0.05) is 41.1 Å². The van der Waals surface area contributed by atoms with Crippen molar-refractivity contribution in [3.63, 3.8) is 0 Å². The van der Waals surface area contributed by atoms with E-state index in [1.807, 2.05) is 38.1 Å². The average Bonchev–Trinajstić information content (AvgIpc) is 2.90. The monoisotopic (exact) mass is 577 g/mol. The van der Waals surface area contributed by atoms with Gasteiger partial charge < -0.3 is 9.47 Å². The molecule has 0 N–H and O–H groups in total. The summed E-state index contributed by atoms with van der Waals surface area (Å²) in [6.45, 7) is 8.50. The van der Waals surface area contributed by atoms with E-state index in [-0.39, 0.29) is 18.0 Å². The summed E-state index contributed by atoms with van der Waals surface area (Å²) in [4.78, 5) is 18.0. The van der Waals surface area contributed by atoms with Crippen molar-refractivity contribution in [2.45, 2.75) is 39.7 Å². The molecule has 0 atom stereocenters. The van der Waals surface area contributed by atoms with Gasteiger partial charge >= 0.3 is 0 Å². The third-order valence-corrected chi connectivity index (χ3v) is 6.28. The second kappa shape index (κ2) is 12.6. The first-order valence-electron chi connectivity index (χ1n) is 12.5. The molecule has 1 heterocycles. The highest BCUT2D eigenvalue weighted by atomic mass is 79.9. The summed E-state index contributed by atoms with van der Waals surface area (Å²) in [5.41, 5.74) is 2.84. The first-order chi connectivity index (χ1) is 18.4. The molecule has 4 rings (SSSR count). The van der Waals surface area contributed by atoms with Crippen molar-refractivity contribution < 1.29 is 13.9 Å². The van der Waals surface area contributed by atoms with Crippen molar-refractivity contribution >= 4 is 33.0 Å². The zero-order valence-corrected chi connectivity index (χ0v) is 23.0. The van der Waals surface area contributed by atoms with Crippen LogP contribution in [0.5, 0.6) is 11.5 Å². The largest absolute Gasteiger partial charge is 0.490 e. The van der Waals surface area contributed by atoms with Gasteiger partial charge in [-0.2, -0.15) is 9.78 Å². The van der Waals surface area contributed by atoms with Gasteiger partial charge in [-0.05, 0) is 73.4 Å². The van der Waals surface area contributed by atoms with Gasteiger partial charge in [-0.25, -0.2) is 9.37 Å². The Labute approximate surface area is 229 Å². The maximum absolute atomic E-state index is 13.3. The number of hydrogen-bond donors (Lipinski definition) is 0. The molecule has 3 aromatic carbocycles. The molecule has 38 heavy (non-hydrogen) atoms. The molecule has 196 valence electrons. The summed E-state index contributed by atoms with van der Waals surface area (Å²) in [6, 6.07) is 15.4. The minimum atomic E-state index is -0.296. The van der Waals surface area contributed by atoms with E-state index in [0.717, 1.165) is 27.6 Å². The second-order valence-electron chi connectivity index (χ2n) is 8.65. The Morgan fingerprint density at radius 2 is 1.89 bits per heavy atom. The Morgan fingerprint density at radius 3 is 2.61 bits per heavy atom. The van der Waals surface area contributed by atoms with E-state index in [1.165, 1.54) is 16.8 Å². The maximum atomic E-state index is 13.3. The lowest BCUT2D eigenvalue weighted by Gasteiger charge is -2.17. The molecule has 0 amide bonds. The molecule has 6 nitrogen and oxygen atoms in total. The summed E-state index contributed by atoms with van der Waals surface area (Å²) in [5.74, 6) is 1.45. The highest BCUT2D eigenvalue weighted by Gasteiger charge is 2.15. The number of allylic oxidation sites excluding steroid dienone is 1. The van der Waals surface area contributed by atoms with Crippen molar-refractivity contribution in [2.24, 2.45) is 5.10 Å². The molecule has 0 saturated carbocycles. The average molecular weight is 578 g/mol. The summed E-state index contributed by atoms with van der Waals surface area (Å²) in [5, 5.41) is 5.04. The number of rotatable bonds is 11. The smallest absolute Gasteiger partial charge is 0.282 e. The lowest BCUT2D eigenvalue weighted by atomic mass is 10.1. The number of benzene rings is 3. The molecule has 1 aromatic heterocycles. The van der Waals surface area contributed by atoms with E-state index in [4.69, 9.17) is 14.5 Å². The lowest BCUT2D eigenvalue weighted by Crippen LogP contribution is -2.22. The van der Waals surface area contributed by atoms with Crippen LogP contribution in [-0.2, 0) is 19.4 Å². The van der Waals surface area contributed by atoms with E-state index >= 15 is 0 Å². The summed E-state index contributed by atoms with van der Waals surface area (Å²) >= 11 is 3.43. The fourth-order valence-electron chi connectivity index (χ4n) is 4.05. The predicted molar refractivity (Wildman–Crippen MR) is 153 cm³/mol. The molecule has 0 aliphatic rings. The van der Waals surface area contributed by atoms with Crippen LogP contribution < -0.4 is 15.0 Å². The third-order valence-electron chi connectivity index (χ3n) is 5.79. The highest BCUT2D eigenvalue weighted by Crippen LogP contribution is 2.34. The van der Waals surface area contributed by atoms with E-state index in [2.05, 4.69) is 27.6 Å². The molecule has 0 bridgehead atoms. The molecular weight excluding hydrogens is 549 g/mol. The van der Waals surface area contributed by atoms with Crippen LogP contribution in [0.1, 0.15) is 42.8 Å². The minimum absolute atomic E-state index is 0.230. The SMILES string of the molecule is C=CCc1cc(C=Nn2c(CCC)nc3ccc(Br)cc3c2=O)cc(OCC)c1OCc1ccc(F)cc1. The van der Waals surface area contributed by atoms with E-state index in [0.29, 0.717) is 47.7 Å². The standard InChI is InChI=1S/C30H29BrFN3O3/c1-4-7-22-15-21(16-27(37-6-3)29(22)38-19-20-9-12-24(32)13-10-20)18-33-35-28(8-5-2)34-26-14-11-23(31)17-25(26)30(35)36/h4,9-18H,1,5-8,19H2,2-3H3. The Hall–Kier alpha value is -3.78. The van der Waals surface area contributed by atoms with Crippen molar-refractivity contribution in [3.8, 4) is 11.5 Å². The van der Waals surface area contributed by atoms with Crippen molar-refractivity contribution in [1.82, 2.24) is 9.66 Å². The first kappa shape index (κ1) is 27.3. The van der Waals surface area contributed by atoms with Crippen molar-refractivity contribution in [1.29, 1.82) is 0 Å². The van der Waals surface area contributed by atoms with Gasteiger partial charge in [0.25, 0.3) is 5.56 Å². The molecule has 0 radical (unpaired) electrons. The van der Waals surface area contributed by atoms with Gasteiger partial charge in [-0.3, -0.25) is 4.79 Å². The van der Waals surface area contributed by atoms with Crippen molar-refractivity contribution in [2.75, 3.05) is 6.61 Å². The molecular formula is C30H29BrFN3O3. The van der Waals surface area contributed by atoms with E-state index in [1.54, 1.807) is 30.5 Å². The Bertz CT molecular complexity index is 1530. The van der Waals surface area contributed by atoms with Crippen LogP contribution >= 0.6 is 15.9 Å². The third kappa shape index (κ3) is 6.37. The van der Waals surface area contributed by atoms with E-state index < -0.39 is 0 Å². The molecule has 0 saturated heterocycles.